The van der Waals surface area contributed by atoms with Gasteiger partial charge in [0.1, 0.15) is 0 Å². The number of nitrogens with one attached hydrogen (secondary N) is 1. The molecular weight excluding hydrogens is 282 g/mol. The van der Waals surface area contributed by atoms with Crippen LogP contribution < -0.4 is 5.56 Å². The summed E-state index contributed by atoms with van der Waals surface area (Å²) in [7, 11) is 0. The third kappa shape index (κ3) is 3.41. The monoisotopic (exact) mass is 295 g/mol. The first-order valence-electron chi connectivity index (χ1n) is 5.62. The minimum absolute atomic E-state index is 0.0417. The van der Waals surface area contributed by atoms with Gasteiger partial charge in [0.15, 0.2) is 0 Å². The van der Waals surface area contributed by atoms with E-state index < -0.39 is 0 Å². The number of halogens is 1. The number of pyridine rings is 1. The molecule has 17 heavy (non-hydrogen) atoms. The molecule has 0 amide bonds. The van der Waals surface area contributed by atoms with Gasteiger partial charge in [0.05, 0.1) is 0 Å². The van der Waals surface area contributed by atoms with Crippen molar-refractivity contribution < 1.29 is 4.74 Å². The number of hydrogen-bond acceptors (Lipinski definition) is 2. The number of H-pyrrole nitrogens is 1. The van der Waals surface area contributed by atoms with Gasteiger partial charge in [-0.3, -0.25) is 4.79 Å². The van der Waals surface area contributed by atoms with E-state index in [1.54, 1.807) is 12.3 Å². The van der Waals surface area contributed by atoms with Crippen LogP contribution in [0.3, 0.4) is 0 Å². The minimum atomic E-state index is -0.0417. The summed E-state index contributed by atoms with van der Waals surface area (Å²) >= 11 is 3.34. The summed E-state index contributed by atoms with van der Waals surface area (Å²) in [6, 6.07) is 7.46. The molecule has 0 spiro atoms. The quantitative estimate of drug-likeness (QED) is 0.811. The summed E-state index contributed by atoms with van der Waals surface area (Å²) in [5, 5.41) is 1.67. The number of fused-ring (bicyclic) bond motifs is 1. The van der Waals surface area contributed by atoms with Crippen LogP contribution in [-0.4, -0.2) is 18.2 Å². The fraction of sp³-hybridized carbons (Fsp3) is 0.308. The molecule has 90 valence electrons. The number of aromatic amines is 1. The lowest BCUT2D eigenvalue weighted by molar-refractivity contribution is 0.198. The summed E-state index contributed by atoms with van der Waals surface area (Å²) in [5.74, 6) is 0. The van der Waals surface area contributed by atoms with Crippen LogP contribution in [0.15, 0.2) is 39.7 Å². The van der Waals surface area contributed by atoms with Gasteiger partial charge in [0.25, 0.3) is 5.56 Å². The van der Waals surface area contributed by atoms with Gasteiger partial charge >= 0.3 is 0 Å². The first-order valence-corrected chi connectivity index (χ1v) is 6.41. The smallest absolute Gasteiger partial charge is 0.255 e. The highest BCUT2D eigenvalue weighted by Gasteiger charge is 1.96. The predicted molar refractivity (Wildman–Crippen MR) is 72.3 cm³/mol. The summed E-state index contributed by atoms with van der Waals surface area (Å²) in [6.07, 6.45) is 4.21. The molecule has 0 aliphatic carbocycles. The van der Waals surface area contributed by atoms with E-state index in [-0.39, 0.29) is 5.56 Å². The van der Waals surface area contributed by atoms with E-state index >= 15 is 0 Å². The van der Waals surface area contributed by atoms with Gasteiger partial charge in [-0.1, -0.05) is 15.9 Å². The van der Waals surface area contributed by atoms with E-state index in [2.05, 4.69) is 20.9 Å². The van der Waals surface area contributed by atoms with Gasteiger partial charge in [0.2, 0.25) is 0 Å². The molecule has 0 unspecified atom stereocenters. The molecule has 1 aromatic carbocycles. The zero-order valence-corrected chi connectivity index (χ0v) is 11.0. The number of rotatable bonds is 0. The maximum Gasteiger partial charge on any atom is 0.255 e. The number of hydrogen-bond donors (Lipinski definition) is 1. The summed E-state index contributed by atoms with van der Waals surface area (Å²) in [6.45, 7) is 2.00. The van der Waals surface area contributed by atoms with Gasteiger partial charge in [-0.15, -0.1) is 0 Å². The van der Waals surface area contributed by atoms with Crippen molar-refractivity contribution >= 4 is 26.7 Å². The molecule has 1 saturated heterocycles. The van der Waals surface area contributed by atoms with Crippen LogP contribution in [-0.2, 0) is 4.74 Å². The largest absolute Gasteiger partial charge is 0.381 e. The molecule has 1 fully saturated rings. The highest BCUT2D eigenvalue weighted by Crippen LogP contribution is 2.15. The lowest BCUT2D eigenvalue weighted by Gasteiger charge is -1.95. The standard InChI is InChI=1S/C9H6BrNO.C4H8O/c10-7-1-2-8-6(5-7)3-4-11-9(8)12;1-2-4-5-3-1/h1-5H,(H,11,12);1-4H2. The Morgan fingerprint density at radius 3 is 2.59 bits per heavy atom. The molecule has 0 bridgehead atoms. The van der Waals surface area contributed by atoms with E-state index in [1.165, 1.54) is 12.8 Å². The van der Waals surface area contributed by atoms with E-state index in [0.717, 1.165) is 28.5 Å². The highest BCUT2D eigenvalue weighted by molar-refractivity contribution is 9.10. The van der Waals surface area contributed by atoms with Crippen molar-refractivity contribution in [1.29, 1.82) is 0 Å². The average molecular weight is 296 g/mol. The number of ether oxygens (including phenoxy) is 1. The Kier molecular flexibility index (Phi) is 4.34. The van der Waals surface area contributed by atoms with Crippen molar-refractivity contribution in [2.45, 2.75) is 12.8 Å². The third-order valence-corrected chi connectivity index (χ3v) is 3.06. The number of aromatic nitrogens is 1. The number of benzene rings is 1. The molecule has 2 heterocycles. The lowest BCUT2D eigenvalue weighted by Crippen LogP contribution is -2.03. The molecule has 3 nitrogen and oxygen atoms in total. The Labute approximate surface area is 108 Å². The normalized spacial score (nSPS) is 14.4. The molecule has 1 N–H and O–H groups in total. The topological polar surface area (TPSA) is 42.1 Å². The van der Waals surface area contributed by atoms with Crippen molar-refractivity contribution in [2.24, 2.45) is 0 Å². The second kappa shape index (κ2) is 5.98. The van der Waals surface area contributed by atoms with Crippen LogP contribution in [0.2, 0.25) is 0 Å². The summed E-state index contributed by atoms with van der Waals surface area (Å²) in [4.78, 5) is 13.8. The Morgan fingerprint density at radius 2 is 1.94 bits per heavy atom. The van der Waals surface area contributed by atoms with Crippen molar-refractivity contribution in [3.05, 3.63) is 45.3 Å². The fourth-order valence-corrected chi connectivity index (χ4v) is 2.05. The molecule has 4 heteroatoms. The van der Waals surface area contributed by atoms with Crippen LogP contribution in [0.1, 0.15) is 12.8 Å². The molecule has 1 aliphatic heterocycles. The van der Waals surface area contributed by atoms with Crippen molar-refractivity contribution in [3.8, 4) is 0 Å². The van der Waals surface area contributed by atoms with Gasteiger partial charge < -0.3 is 9.72 Å². The Hall–Kier alpha value is -1.13. The molecule has 2 aromatic rings. The predicted octanol–water partition coefficient (Wildman–Crippen LogP) is 3.09. The highest BCUT2D eigenvalue weighted by atomic mass is 79.9. The summed E-state index contributed by atoms with van der Waals surface area (Å²) < 4.78 is 5.93. The molecule has 0 saturated carbocycles. The zero-order valence-electron chi connectivity index (χ0n) is 9.41. The van der Waals surface area contributed by atoms with Crippen molar-refractivity contribution in [1.82, 2.24) is 4.98 Å². The molecule has 1 aromatic heterocycles. The molecular formula is C13H14BrNO2. The molecule has 0 atom stereocenters. The van der Waals surface area contributed by atoms with E-state index in [1.807, 2.05) is 18.2 Å². The van der Waals surface area contributed by atoms with Crippen LogP contribution >= 0.6 is 15.9 Å². The average Bonchev–Trinajstić information content (AvgIpc) is 2.87. The van der Waals surface area contributed by atoms with Crippen LogP contribution in [0, 0.1) is 0 Å². The minimum Gasteiger partial charge on any atom is -0.381 e. The molecule has 1 aliphatic rings. The first-order chi connectivity index (χ1) is 8.27. The van der Waals surface area contributed by atoms with E-state index in [4.69, 9.17) is 4.74 Å². The molecule has 0 radical (unpaired) electrons. The SMILES string of the molecule is C1CCOC1.O=c1[nH]ccc2cc(Br)ccc12. The summed E-state index contributed by atoms with van der Waals surface area (Å²) in [5.41, 5.74) is -0.0417. The van der Waals surface area contributed by atoms with Gasteiger partial charge in [-0.25, -0.2) is 0 Å². The fourth-order valence-electron chi connectivity index (χ4n) is 1.67. The Bertz CT molecular complexity index is 539. The van der Waals surface area contributed by atoms with E-state index in [9.17, 15) is 4.79 Å². The lowest BCUT2D eigenvalue weighted by atomic mass is 10.2. The Morgan fingerprint density at radius 1 is 1.18 bits per heavy atom. The van der Waals surface area contributed by atoms with Crippen molar-refractivity contribution in [3.63, 3.8) is 0 Å². The zero-order chi connectivity index (χ0) is 12.1. The first kappa shape index (κ1) is 12.3. The molecule has 3 rings (SSSR count). The van der Waals surface area contributed by atoms with E-state index in [0.29, 0.717) is 0 Å². The second-order valence-electron chi connectivity index (χ2n) is 3.86. The van der Waals surface area contributed by atoms with Crippen LogP contribution in [0.5, 0.6) is 0 Å². The maximum absolute atomic E-state index is 11.2. The third-order valence-electron chi connectivity index (χ3n) is 2.56. The Balaban J connectivity index is 0.000000181. The van der Waals surface area contributed by atoms with Crippen LogP contribution in [0.25, 0.3) is 10.8 Å². The van der Waals surface area contributed by atoms with Crippen molar-refractivity contribution in [2.75, 3.05) is 13.2 Å². The van der Waals surface area contributed by atoms with Crippen LogP contribution in [0.4, 0.5) is 0 Å². The maximum atomic E-state index is 11.2. The van der Waals surface area contributed by atoms with Gasteiger partial charge in [-0.05, 0) is 42.5 Å². The second-order valence-corrected chi connectivity index (χ2v) is 4.77. The van der Waals surface area contributed by atoms with Gasteiger partial charge in [-0.2, -0.15) is 0 Å². The van der Waals surface area contributed by atoms with Gasteiger partial charge in [0, 0.05) is 29.3 Å².